The Bertz CT molecular complexity index is 315. The first-order valence-corrected chi connectivity index (χ1v) is 6.20. The molecule has 16 heavy (non-hydrogen) atoms. The van der Waals surface area contributed by atoms with Crippen LogP contribution < -0.4 is 0 Å². The second kappa shape index (κ2) is 6.47. The van der Waals surface area contributed by atoms with Crippen LogP contribution in [0.1, 0.15) is 39.2 Å². The van der Waals surface area contributed by atoms with E-state index in [4.69, 9.17) is 0 Å². The molecule has 1 aromatic carbocycles. The van der Waals surface area contributed by atoms with Crippen LogP contribution in [0.3, 0.4) is 0 Å². The van der Waals surface area contributed by atoms with E-state index in [-0.39, 0.29) is 5.92 Å². The summed E-state index contributed by atoms with van der Waals surface area (Å²) in [6.07, 6.45) is 2.67. The number of carbonyl (C=O) groups excluding carboxylic acids is 1. The molecule has 1 aromatic rings. The van der Waals surface area contributed by atoms with E-state index in [9.17, 15) is 4.79 Å². The van der Waals surface area contributed by atoms with Gasteiger partial charge in [-0.05, 0) is 24.3 Å². The fraction of sp³-hybridized carbons (Fsp3) is 0.533. The lowest BCUT2D eigenvalue weighted by Crippen LogP contribution is -2.14. The largest absolute Gasteiger partial charge is 0.299 e. The number of Topliss-reactive ketones (excluding diaryl/α,β-unsaturated/α-hetero) is 1. The maximum Gasteiger partial charge on any atom is 0.135 e. The van der Waals surface area contributed by atoms with Crippen LogP contribution in [0.5, 0.6) is 0 Å². The predicted octanol–water partition coefficient (Wildman–Crippen LogP) is 3.87. The van der Waals surface area contributed by atoms with E-state index in [2.05, 4.69) is 38.1 Å². The van der Waals surface area contributed by atoms with E-state index in [1.165, 1.54) is 5.56 Å². The van der Waals surface area contributed by atoms with Gasteiger partial charge in [-0.15, -0.1) is 0 Å². The van der Waals surface area contributed by atoms with Gasteiger partial charge in [-0.3, -0.25) is 4.79 Å². The van der Waals surface area contributed by atoms with Gasteiger partial charge in [-0.2, -0.15) is 0 Å². The molecule has 2 unspecified atom stereocenters. The molecule has 0 bridgehead atoms. The minimum absolute atomic E-state index is 0.221. The molecule has 0 aliphatic carbocycles. The van der Waals surface area contributed by atoms with Crippen LogP contribution in [0.15, 0.2) is 30.3 Å². The van der Waals surface area contributed by atoms with Crippen molar-refractivity contribution in [1.82, 2.24) is 0 Å². The minimum Gasteiger partial charge on any atom is -0.299 e. The van der Waals surface area contributed by atoms with Crippen LogP contribution in [0.2, 0.25) is 0 Å². The van der Waals surface area contributed by atoms with Crippen LogP contribution >= 0.6 is 0 Å². The molecule has 0 aliphatic rings. The van der Waals surface area contributed by atoms with Gasteiger partial charge in [0, 0.05) is 12.3 Å². The van der Waals surface area contributed by atoms with Gasteiger partial charge in [0.1, 0.15) is 5.78 Å². The SMILES string of the molecule is CCC(C)C(=O)CC(C)Cc1ccccc1. The van der Waals surface area contributed by atoms with Gasteiger partial charge in [-0.25, -0.2) is 0 Å². The molecule has 0 aromatic heterocycles. The van der Waals surface area contributed by atoms with E-state index >= 15 is 0 Å². The lowest BCUT2D eigenvalue weighted by atomic mass is 9.91. The molecule has 2 atom stereocenters. The summed E-state index contributed by atoms with van der Waals surface area (Å²) in [4.78, 5) is 11.8. The number of hydrogen-bond donors (Lipinski definition) is 0. The van der Waals surface area contributed by atoms with Crippen molar-refractivity contribution in [1.29, 1.82) is 0 Å². The number of hydrogen-bond acceptors (Lipinski definition) is 1. The van der Waals surface area contributed by atoms with Crippen LogP contribution in [0, 0.1) is 11.8 Å². The standard InChI is InChI=1S/C15H22O/c1-4-13(3)15(16)11-12(2)10-14-8-6-5-7-9-14/h5-9,12-13H,4,10-11H2,1-3H3. The molecule has 1 heteroatoms. The van der Waals surface area contributed by atoms with Gasteiger partial charge in [0.15, 0.2) is 0 Å². The van der Waals surface area contributed by atoms with Crippen LogP contribution in [0.4, 0.5) is 0 Å². The van der Waals surface area contributed by atoms with Crippen LogP contribution in [0.25, 0.3) is 0 Å². The second-order valence-corrected chi connectivity index (χ2v) is 4.77. The molecule has 0 amide bonds. The lowest BCUT2D eigenvalue weighted by Gasteiger charge is -2.13. The molecule has 0 heterocycles. The Labute approximate surface area is 98.9 Å². The average Bonchev–Trinajstić information content (AvgIpc) is 2.29. The first-order chi connectivity index (χ1) is 7.63. The predicted molar refractivity (Wildman–Crippen MR) is 68.4 cm³/mol. The third-order valence-corrected chi connectivity index (χ3v) is 3.14. The summed E-state index contributed by atoms with van der Waals surface area (Å²) in [7, 11) is 0. The highest BCUT2D eigenvalue weighted by Crippen LogP contribution is 2.15. The Morgan fingerprint density at radius 1 is 1.19 bits per heavy atom. The Kier molecular flexibility index (Phi) is 5.24. The molecule has 0 radical (unpaired) electrons. The van der Waals surface area contributed by atoms with Gasteiger partial charge in [-0.1, -0.05) is 51.1 Å². The molecule has 0 aliphatic heterocycles. The molecule has 0 fully saturated rings. The topological polar surface area (TPSA) is 17.1 Å². The normalized spacial score (nSPS) is 14.4. The number of ketones is 1. The monoisotopic (exact) mass is 218 g/mol. The third kappa shape index (κ3) is 4.18. The van der Waals surface area contributed by atoms with E-state index in [1.807, 2.05) is 13.0 Å². The molecule has 1 rings (SSSR count). The van der Waals surface area contributed by atoms with Crippen molar-refractivity contribution in [3.8, 4) is 0 Å². The summed E-state index contributed by atoms with van der Waals surface area (Å²) >= 11 is 0. The summed E-state index contributed by atoms with van der Waals surface area (Å²) in [6.45, 7) is 6.26. The summed E-state index contributed by atoms with van der Waals surface area (Å²) in [5.74, 6) is 1.08. The van der Waals surface area contributed by atoms with Crippen molar-refractivity contribution in [3.63, 3.8) is 0 Å². The molecule has 0 saturated carbocycles. The highest BCUT2D eigenvalue weighted by Gasteiger charge is 2.14. The Balaban J connectivity index is 2.42. The van der Waals surface area contributed by atoms with Crippen molar-refractivity contribution >= 4 is 5.78 Å². The summed E-state index contributed by atoms with van der Waals surface area (Å²) in [5.41, 5.74) is 1.33. The lowest BCUT2D eigenvalue weighted by molar-refractivity contribution is -0.123. The fourth-order valence-corrected chi connectivity index (χ4v) is 1.86. The van der Waals surface area contributed by atoms with Crippen molar-refractivity contribution < 1.29 is 4.79 Å². The van der Waals surface area contributed by atoms with Gasteiger partial charge in [0.05, 0.1) is 0 Å². The fourth-order valence-electron chi connectivity index (χ4n) is 1.86. The average molecular weight is 218 g/mol. The molecule has 0 saturated heterocycles. The van der Waals surface area contributed by atoms with Crippen molar-refractivity contribution in [2.75, 3.05) is 0 Å². The molecule has 1 nitrogen and oxygen atoms in total. The Hall–Kier alpha value is -1.11. The van der Waals surface area contributed by atoms with E-state index in [0.717, 1.165) is 12.8 Å². The zero-order chi connectivity index (χ0) is 12.0. The highest BCUT2D eigenvalue weighted by molar-refractivity contribution is 5.80. The third-order valence-electron chi connectivity index (χ3n) is 3.14. The Morgan fingerprint density at radius 2 is 1.81 bits per heavy atom. The van der Waals surface area contributed by atoms with E-state index < -0.39 is 0 Å². The Morgan fingerprint density at radius 3 is 2.38 bits per heavy atom. The van der Waals surface area contributed by atoms with Crippen molar-refractivity contribution in [2.24, 2.45) is 11.8 Å². The second-order valence-electron chi connectivity index (χ2n) is 4.77. The summed E-state index contributed by atoms with van der Waals surface area (Å²) in [5, 5.41) is 0. The zero-order valence-corrected chi connectivity index (χ0v) is 10.6. The van der Waals surface area contributed by atoms with Crippen molar-refractivity contribution in [3.05, 3.63) is 35.9 Å². The molecular formula is C15H22O. The van der Waals surface area contributed by atoms with Gasteiger partial charge in [0.2, 0.25) is 0 Å². The maximum absolute atomic E-state index is 11.8. The zero-order valence-electron chi connectivity index (χ0n) is 10.6. The minimum atomic E-state index is 0.221. The van der Waals surface area contributed by atoms with Crippen molar-refractivity contribution in [2.45, 2.75) is 40.0 Å². The highest BCUT2D eigenvalue weighted by atomic mass is 16.1. The summed E-state index contributed by atoms with van der Waals surface area (Å²) in [6, 6.07) is 10.4. The van der Waals surface area contributed by atoms with E-state index in [1.54, 1.807) is 0 Å². The number of carbonyl (C=O) groups is 1. The first-order valence-electron chi connectivity index (χ1n) is 6.20. The van der Waals surface area contributed by atoms with Gasteiger partial charge in [0.25, 0.3) is 0 Å². The smallest absolute Gasteiger partial charge is 0.135 e. The van der Waals surface area contributed by atoms with Gasteiger partial charge < -0.3 is 0 Å². The summed E-state index contributed by atoms with van der Waals surface area (Å²) < 4.78 is 0. The molecular weight excluding hydrogens is 196 g/mol. The number of benzene rings is 1. The molecule has 88 valence electrons. The maximum atomic E-state index is 11.8. The van der Waals surface area contributed by atoms with E-state index in [0.29, 0.717) is 18.1 Å². The number of rotatable bonds is 6. The molecule has 0 N–H and O–H groups in total. The van der Waals surface area contributed by atoms with Gasteiger partial charge >= 0.3 is 0 Å². The first kappa shape index (κ1) is 13.0. The quantitative estimate of drug-likeness (QED) is 0.708. The molecule has 0 spiro atoms. The van der Waals surface area contributed by atoms with Crippen LogP contribution in [-0.4, -0.2) is 5.78 Å². The van der Waals surface area contributed by atoms with Crippen LogP contribution in [-0.2, 0) is 11.2 Å².